The van der Waals surface area contributed by atoms with Gasteiger partial charge in [0.25, 0.3) is 0 Å². The summed E-state index contributed by atoms with van der Waals surface area (Å²) >= 11 is 0. The predicted molar refractivity (Wildman–Crippen MR) is 175 cm³/mol. The highest BCUT2D eigenvalue weighted by atomic mass is 16.5. The van der Waals surface area contributed by atoms with E-state index in [2.05, 4.69) is 34.9 Å². The molecule has 1 aromatic heterocycles. The van der Waals surface area contributed by atoms with Crippen LogP contribution >= 0.6 is 0 Å². The van der Waals surface area contributed by atoms with Crippen LogP contribution in [-0.4, -0.2) is 29.3 Å². The highest BCUT2D eigenvalue weighted by molar-refractivity contribution is 5.71. The summed E-state index contributed by atoms with van der Waals surface area (Å²) in [6.45, 7) is 7.18. The average Bonchev–Trinajstić information content (AvgIpc) is 3.03. The van der Waals surface area contributed by atoms with E-state index < -0.39 is 0 Å². The molecule has 230 valence electrons. The fourth-order valence-electron chi connectivity index (χ4n) is 5.28. The Morgan fingerprint density at radius 3 is 2.00 bits per heavy atom. The Kier molecular flexibility index (Phi) is 10.4. The van der Waals surface area contributed by atoms with Crippen LogP contribution in [0.4, 0.5) is 10.5 Å². The molecule has 7 heteroatoms. The zero-order valence-corrected chi connectivity index (χ0v) is 25.9. The molecule has 1 aliphatic carbocycles. The molecule has 2 N–H and O–H groups in total. The number of amides is 1. The lowest BCUT2D eigenvalue weighted by atomic mass is 9.86. The number of hydrogen-bond acceptors (Lipinski definition) is 6. The number of alkyl carbamates (subject to hydrolysis) is 1. The van der Waals surface area contributed by atoms with Crippen molar-refractivity contribution in [3.8, 4) is 22.9 Å². The minimum atomic E-state index is -0.337. The lowest BCUT2D eigenvalue weighted by molar-refractivity contribution is 0.108. The molecule has 0 radical (unpaired) electrons. The number of pyridine rings is 1. The van der Waals surface area contributed by atoms with Crippen LogP contribution in [0.15, 0.2) is 97.1 Å². The molecule has 1 saturated carbocycles. The summed E-state index contributed by atoms with van der Waals surface area (Å²) in [5.41, 5.74) is 4.89. The van der Waals surface area contributed by atoms with Crippen molar-refractivity contribution in [2.45, 2.75) is 71.2 Å². The smallest absolute Gasteiger partial charge is 0.407 e. The maximum absolute atomic E-state index is 12.0. The summed E-state index contributed by atoms with van der Waals surface area (Å²) in [7, 11) is 0. The second-order valence-corrected chi connectivity index (χ2v) is 12.5. The minimum absolute atomic E-state index is 0.290. The summed E-state index contributed by atoms with van der Waals surface area (Å²) < 4.78 is 17.7. The summed E-state index contributed by atoms with van der Waals surface area (Å²) in [6, 6.07) is 32.9. The Labute approximate surface area is 261 Å². The number of carbonyl (C=O) groups excluding carboxylic acids is 1. The van der Waals surface area contributed by atoms with Gasteiger partial charge in [-0.15, -0.1) is 0 Å². The lowest BCUT2D eigenvalue weighted by Crippen LogP contribution is -2.41. The van der Waals surface area contributed by atoms with Gasteiger partial charge >= 0.3 is 6.09 Å². The average molecular weight is 594 g/mol. The highest BCUT2D eigenvalue weighted by Gasteiger charge is 2.23. The van der Waals surface area contributed by atoms with Crippen molar-refractivity contribution in [3.05, 3.63) is 108 Å². The van der Waals surface area contributed by atoms with Crippen LogP contribution in [-0.2, 0) is 18.0 Å². The standard InChI is InChI=1S/C37H43N3O4/c1-37(2,3)40-36(41)44-26-29-14-18-31(19-15-29)38-32-20-16-30(17-21-32)33-22-23-34(42-24-27-10-6-4-7-11-27)39-35(33)43-25-28-12-8-5-9-13-28/h4-13,16-17,20-23,29,31,38H,14-15,18-19,24-26H2,1-3H3,(H,40,41). The monoisotopic (exact) mass is 593 g/mol. The molecule has 1 amide bonds. The molecule has 0 saturated heterocycles. The van der Waals surface area contributed by atoms with Crippen molar-refractivity contribution in [2.24, 2.45) is 5.92 Å². The van der Waals surface area contributed by atoms with Crippen LogP contribution in [0.5, 0.6) is 11.8 Å². The molecule has 5 rings (SSSR count). The Bertz CT molecular complexity index is 1460. The first kappa shape index (κ1) is 30.9. The van der Waals surface area contributed by atoms with Crippen molar-refractivity contribution in [3.63, 3.8) is 0 Å². The number of hydrogen-bond donors (Lipinski definition) is 2. The van der Waals surface area contributed by atoms with Crippen LogP contribution in [0, 0.1) is 5.92 Å². The van der Waals surface area contributed by atoms with Crippen molar-refractivity contribution < 1.29 is 19.0 Å². The summed E-state index contributed by atoms with van der Waals surface area (Å²) in [6.07, 6.45) is 3.82. The number of nitrogens with zero attached hydrogens (tertiary/aromatic N) is 1. The fourth-order valence-corrected chi connectivity index (χ4v) is 5.28. The lowest BCUT2D eigenvalue weighted by Gasteiger charge is -2.30. The number of ether oxygens (including phenoxy) is 3. The van der Waals surface area contributed by atoms with Crippen molar-refractivity contribution >= 4 is 11.8 Å². The van der Waals surface area contributed by atoms with E-state index >= 15 is 0 Å². The Morgan fingerprint density at radius 1 is 0.773 bits per heavy atom. The fraction of sp³-hybridized carbons (Fsp3) is 0.351. The Hall–Kier alpha value is -4.52. The summed E-state index contributed by atoms with van der Waals surface area (Å²) in [5, 5.41) is 6.55. The van der Waals surface area contributed by atoms with Gasteiger partial charge in [0, 0.05) is 28.9 Å². The topological polar surface area (TPSA) is 81.7 Å². The van der Waals surface area contributed by atoms with Crippen LogP contribution in [0.3, 0.4) is 0 Å². The Morgan fingerprint density at radius 2 is 1.39 bits per heavy atom. The molecule has 0 bridgehead atoms. The number of carbonyl (C=O) groups is 1. The van der Waals surface area contributed by atoms with Crippen molar-refractivity contribution in [1.29, 1.82) is 0 Å². The molecule has 7 nitrogen and oxygen atoms in total. The van der Waals surface area contributed by atoms with Gasteiger partial charge in [0.05, 0.1) is 6.61 Å². The maximum atomic E-state index is 12.0. The van der Waals surface area contributed by atoms with Gasteiger partial charge in [0.1, 0.15) is 13.2 Å². The van der Waals surface area contributed by atoms with Crippen LogP contribution in [0.1, 0.15) is 57.6 Å². The van der Waals surface area contributed by atoms with Crippen LogP contribution in [0.25, 0.3) is 11.1 Å². The quantitative estimate of drug-likeness (QED) is 0.182. The van der Waals surface area contributed by atoms with E-state index in [1.165, 1.54) is 0 Å². The summed E-state index contributed by atoms with van der Waals surface area (Å²) in [4.78, 5) is 16.7. The van der Waals surface area contributed by atoms with Crippen molar-refractivity contribution in [1.82, 2.24) is 10.3 Å². The van der Waals surface area contributed by atoms with E-state index in [0.717, 1.165) is 53.6 Å². The van der Waals surface area contributed by atoms with E-state index in [0.29, 0.717) is 43.5 Å². The minimum Gasteiger partial charge on any atom is -0.473 e. The van der Waals surface area contributed by atoms with Gasteiger partial charge in [-0.2, -0.15) is 4.98 Å². The van der Waals surface area contributed by atoms with Gasteiger partial charge in [-0.25, -0.2) is 4.79 Å². The molecule has 1 aliphatic rings. The van der Waals surface area contributed by atoms with E-state index in [9.17, 15) is 4.79 Å². The molecule has 1 fully saturated rings. The molecular formula is C37H43N3O4. The molecule has 0 aliphatic heterocycles. The first-order valence-electron chi connectivity index (χ1n) is 15.5. The largest absolute Gasteiger partial charge is 0.473 e. The number of anilines is 1. The Balaban J connectivity index is 1.19. The molecule has 4 aromatic rings. The first-order chi connectivity index (χ1) is 21.3. The third-order valence-corrected chi connectivity index (χ3v) is 7.62. The third kappa shape index (κ3) is 9.49. The SMILES string of the molecule is CC(C)(C)NC(=O)OCC1CCC(Nc2ccc(-c3ccc(OCc4ccccc4)nc3OCc3ccccc3)cc2)CC1. The second-order valence-electron chi connectivity index (χ2n) is 12.5. The number of rotatable bonds is 11. The first-order valence-corrected chi connectivity index (χ1v) is 15.5. The zero-order valence-electron chi connectivity index (χ0n) is 25.9. The van der Waals surface area contributed by atoms with E-state index in [4.69, 9.17) is 19.2 Å². The van der Waals surface area contributed by atoms with Gasteiger partial charge in [0.15, 0.2) is 0 Å². The zero-order chi connectivity index (χ0) is 30.8. The van der Waals surface area contributed by atoms with Crippen LogP contribution < -0.4 is 20.1 Å². The second kappa shape index (κ2) is 14.8. The molecule has 0 unspecified atom stereocenters. The van der Waals surface area contributed by atoms with Gasteiger partial charge < -0.3 is 24.8 Å². The molecular weight excluding hydrogens is 550 g/mol. The molecule has 3 aromatic carbocycles. The van der Waals surface area contributed by atoms with E-state index in [-0.39, 0.29) is 11.6 Å². The summed E-state index contributed by atoms with van der Waals surface area (Å²) in [5.74, 6) is 1.47. The van der Waals surface area contributed by atoms with Gasteiger partial charge in [-0.1, -0.05) is 72.8 Å². The van der Waals surface area contributed by atoms with E-state index in [1.54, 1.807) is 0 Å². The predicted octanol–water partition coefficient (Wildman–Crippen LogP) is 8.40. The van der Waals surface area contributed by atoms with Gasteiger partial charge in [0.2, 0.25) is 11.8 Å². The van der Waals surface area contributed by atoms with Crippen LogP contribution in [0.2, 0.25) is 0 Å². The highest BCUT2D eigenvalue weighted by Crippen LogP contribution is 2.33. The molecule has 1 heterocycles. The normalized spacial score (nSPS) is 16.5. The number of aromatic nitrogens is 1. The van der Waals surface area contributed by atoms with Crippen molar-refractivity contribution in [2.75, 3.05) is 11.9 Å². The van der Waals surface area contributed by atoms with Gasteiger partial charge in [-0.3, -0.25) is 0 Å². The number of benzene rings is 3. The molecule has 44 heavy (non-hydrogen) atoms. The number of nitrogens with one attached hydrogen (secondary N) is 2. The maximum Gasteiger partial charge on any atom is 0.407 e. The van der Waals surface area contributed by atoms with E-state index in [1.807, 2.05) is 93.6 Å². The molecule has 0 spiro atoms. The van der Waals surface area contributed by atoms with Gasteiger partial charge in [-0.05, 0) is 87.3 Å². The third-order valence-electron chi connectivity index (χ3n) is 7.62. The molecule has 0 atom stereocenters.